The number of nitrogens with one attached hydrogen (secondary N) is 3. The van der Waals surface area contributed by atoms with Gasteiger partial charge in [-0.15, -0.1) is 0 Å². The van der Waals surface area contributed by atoms with E-state index in [2.05, 4.69) is 26.9 Å². The fourth-order valence-electron chi connectivity index (χ4n) is 2.47. The third kappa shape index (κ3) is 3.63. The Bertz CT molecular complexity index is 793. The van der Waals surface area contributed by atoms with Crippen LogP contribution in [0.2, 0.25) is 0 Å². The summed E-state index contributed by atoms with van der Waals surface area (Å²) in [5.41, 5.74) is 2.91. The molecule has 0 fully saturated rings. The largest absolute Gasteiger partial charge is 0.350 e. The van der Waals surface area contributed by atoms with Crippen LogP contribution in [0.5, 0.6) is 0 Å². The fraction of sp³-hybridized carbons (Fsp3) is 0.250. The first-order valence-corrected chi connectivity index (χ1v) is 7.37. The number of hydrogen-bond donors (Lipinski definition) is 3. The van der Waals surface area contributed by atoms with Crippen molar-refractivity contribution in [2.24, 2.45) is 0 Å². The van der Waals surface area contributed by atoms with Gasteiger partial charge in [-0.25, -0.2) is 5.10 Å². The van der Waals surface area contributed by atoms with Crippen LogP contribution in [-0.2, 0) is 17.6 Å². The SMILES string of the molecule is O=C1CCc2cc(CCNC(=O)c3ccc(=O)[nH]n3)ccc2N1. The highest BCUT2D eigenvalue weighted by atomic mass is 16.2. The Morgan fingerprint density at radius 2 is 2.04 bits per heavy atom. The van der Waals surface area contributed by atoms with Gasteiger partial charge in [-0.05, 0) is 36.1 Å². The van der Waals surface area contributed by atoms with Gasteiger partial charge < -0.3 is 10.6 Å². The lowest BCUT2D eigenvalue weighted by atomic mass is 9.99. The molecule has 23 heavy (non-hydrogen) atoms. The Hall–Kier alpha value is -2.96. The molecule has 0 aliphatic carbocycles. The van der Waals surface area contributed by atoms with Gasteiger partial charge in [0.1, 0.15) is 5.69 Å². The van der Waals surface area contributed by atoms with Crippen LogP contribution in [0.25, 0.3) is 0 Å². The summed E-state index contributed by atoms with van der Waals surface area (Å²) in [5.74, 6) is -0.280. The van der Waals surface area contributed by atoms with E-state index in [1.807, 2.05) is 12.1 Å². The van der Waals surface area contributed by atoms with Crippen molar-refractivity contribution in [1.29, 1.82) is 0 Å². The minimum absolute atomic E-state index is 0.0471. The zero-order chi connectivity index (χ0) is 16.2. The number of amides is 2. The lowest BCUT2D eigenvalue weighted by Crippen LogP contribution is -2.27. The molecule has 0 saturated carbocycles. The number of rotatable bonds is 4. The molecule has 2 heterocycles. The molecule has 0 bridgehead atoms. The van der Waals surface area contributed by atoms with Crippen molar-refractivity contribution in [2.75, 3.05) is 11.9 Å². The smallest absolute Gasteiger partial charge is 0.271 e. The molecular formula is C16H16N4O3. The van der Waals surface area contributed by atoms with Crippen molar-refractivity contribution in [2.45, 2.75) is 19.3 Å². The van der Waals surface area contributed by atoms with Crippen LogP contribution >= 0.6 is 0 Å². The van der Waals surface area contributed by atoms with Crippen LogP contribution in [-0.4, -0.2) is 28.6 Å². The first-order chi connectivity index (χ1) is 11.1. The third-order valence-corrected chi connectivity index (χ3v) is 3.68. The van der Waals surface area contributed by atoms with Crippen molar-refractivity contribution in [3.05, 3.63) is 57.5 Å². The lowest BCUT2D eigenvalue weighted by molar-refractivity contribution is -0.116. The first kappa shape index (κ1) is 15.0. The summed E-state index contributed by atoms with van der Waals surface area (Å²) in [6.07, 6.45) is 1.92. The second-order valence-electron chi connectivity index (χ2n) is 5.35. The van der Waals surface area contributed by atoms with Crippen LogP contribution in [0.3, 0.4) is 0 Å². The summed E-state index contributed by atoms with van der Waals surface area (Å²) in [6, 6.07) is 8.54. The van der Waals surface area contributed by atoms with Gasteiger partial charge in [0, 0.05) is 24.7 Å². The molecule has 7 heteroatoms. The van der Waals surface area contributed by atoms with Crippen molar-refractivity contribution >= 4 is 17.5 Å². The number of fused-ring (bicyclic) bond motifs is 1. The molecule has 1 aromatic heterocycles. The monoisotopic (exact) mass is 312 g/mol. The second-order valence-corrected chi connectivity index (χ2v) is 5.35. The number of aryl methyl sites for hydroxylation is 1. The minimum atomic E-state index is -0.345. The van der Waals surface area contributed by atoms with Gasteiger partial charge in [0.15, 0.2) is 0 Å². The maximum absolute atomic E-state index is 11.9. The van der Waals surface area contributed by atoms with Crippen LogP contribution in [0.4, 0.5) is 5.69 Å². The highest BCUT2D eigenvalue weighted by Crippen LogP contribution is 2.23. The number of nitrogens with zero attached hydrogens (tertiary/aromatic N) is 1. The van der Waals surface area contributed by atoms with Gasteiger partial charge in [0.2, 0.25) is 5.91 Å². The Morgan fingerprint density at radius 3 is 2.83 bits per heavy atom. The van der Waals surface area contributed by atoms with E-state index in [9.17, 15) is 14.4 Å². The molecule has 0 unspecified atom stereocenters. The van der Waals surface area contributed by atoms with Gasteiger partial charge in [-0.2, -0.15) is 5.10 Å². The number of benzene rings is 1. The van der Waals surface area contributed by atoms with Crippen LogP contribution < -0.4 is 16.2 Å². The minimum Gasteiger partial charge on any atom is -0.350 e. The normalized spacial score (nSPS) is 13.1. The lowest BCUT2D eigenvalue weighted by Gasteiger charge is -2.17. The van der Waals surface area contributed by atoms with Crippen LogP contribution in [0.1, 0.15) is 28.0 Å². The quantitative estimate of drug-likeness (QED) is 0.770. The maximum atomic E-state index is 11.9. The van der Waals surface area contributed by atoms with Gasteiger partial charge in [-0.1, -0.05) is 12.1 Å². The average molecular weight is 312 g/mol. The fourth-order valence-corrected chi connectivity index (χ4v) is 2.47. The van der Waals surface area contributed by atoms with Crippen molar-refractivity contribution in [1.82, 2.24) is 15.5 Å². The first-order valence-electron chi connectivity index (χ1n) is 7.37. The maximum Gasteiger partial charge on any atom is 0.271 e. The van der Waals surface area contributed by atoms with E-state index in [1.54, 1.807) is 0 Å². The second kappa shape index (κ2) is 6.43. The van der Waals surface area contributed by atoms with Crippen molar-refractivity contribution < 1.29 is 9.59 Å². The molecule has 2 amide bonds. The topological polar surface area (TPSA) is 104 Å². The Labute approximate surface area is 132 Å². The van der Waals surface area contributed by atoms with Gasteiger partial charge >= 0.3 is 0 Å². The summed E-state index contributed by atoms with van der Waals surface area (Å²) in [6.45, 7) is 0.463. The van der Waals surface area contributed by atoms with E-state index in [1.165, 1.54) is 12.1 Å². The Kier molecular flexibility index (Phi) is 4.18. The zero-order valence-corrected chi connectivity index (χ0v) is 12.4. The standard InChI is InChI=1S/C16H16N4O3/c21-14-5-2-11-9-10(1-3-12(11)18-14)7-8-17-16(23)13-4-6-15(22)20-19-13/h1,3-4,6,9H,2,5,7-8H2,(H,17,23)(H,18,21)(H,20,22). The molecule has 3 N–H and O–H groups in total. The molecule has 0 radical (unpaired) electrons. The van der Waals surface area contributed by atoms with E-state index in [4.69, 9.17) is 0 Å². The molecule has 7 nitrogen and oxygen atoms in total. The predicted molar refractivity (Wildman–Crippen MR) is 84.3 cm³/mol. The molecule has 2 aromatic rings. The zero-order valence-electron chi connectivity index (χ0n) is 12.4. The predicted octanol–water partition coefficient (Wildman–Crippen LogP) is 0.627. The average Bonchev–Trinajstić information content (AvgIpc) is 2.55. The summed E-state index contributed by atoms with van der Waals surface area (Å²) in [5, 5.41) is 11.5. The molecule has 3 rings (SSSR count). The van der Waals surface area contributed by atoms with Crippen LogP contribution in [0.15, 0.2) is 35.1 Å². The van der Waals surface area contributed by atoms with E-state index in [0.717, 1.165) is 23.2 Å². The molecular weight excluding hydrogens is 296 g/mol. The highest BCUT2D eigenvalue weighted by Gasteiger charge is 2.14. The van der Waals surface area contributed by atoms with Crippen LogP contribution in [0, 0.1) is 0 Å². The van der Waals surface area contributed by atoms with Crippen molar-refractivity contribution in [3.8, 4) is 0 Å². The molecule has 1 aromatic carbocycles. The summed E-state index contributed by atoms with van der Waals surface area (Å²) < 4.78 is 0. The summed E-state index contributed by atoms with van der Waals surface area (Å²) in [4.78, 5) is 34.1. The number of anilines is 1. The molecule has 1 aliphatic rings. The van der Waals surface area contributed by atoms with Gasteiger partial charge in [-0.3, -0.25) is 14.4 Å². The molecule has 0 saturated heterocycles. The summed E-state index contributed by atoms with van der Waals surface area (Å²) in [7, 11) is 0. The third-order valence-electron chi connectivity index (χ3n) is 3.68. The number of aromatic nitrogens is 2. The summed E-state index contributed by atoms with van der Waals surface area (Å²) >= 11 is 0. The number of H-pyrrole nitrogens is 1. The van der Waals surface area contributed by atoms with Gasteiger partial charge in [0.25, 0.3) is 11.5 Å². The van der Waals surface area contributed by atoms with E-state index < -0.39 is 0 Å². The molecule has 118 valence electrons. The molecule has 0 atom stereocenters. The molecule has 1 aliphatic heterocycles. The number of aromatic amines is 1. The molecule has 0 spiro atoms. The Morgan fingerprint density at radius 1 is 1.17 bits per heavy atom. The van der Waals surface area contributed by atoms with E-state index in [-0.39, 0.29) is 23.1 Å². The number of hydrogen-bond acceptors (Lipinski definition) is 4. The highest BCUT2D eigenvalue weighted by molar-refractivity contribution is 5.94. The number of carbonyl (C=O) groups excluding carboxylic acids is 2. The van der Waals surface area contributed by atoms with Crippen molar-refractivity contribution in [3.63, 3.8) is 0 Å². The van der Waals surface area contributed by atoms with Gasteiger partial charge in [0.05, 0.1) is 0 Å². The number of carbonyl (C=O) groups is 2. The Balaban J connectivity index is 1.56. The van der Waals surface area contributed by atoms with E-state index in [0.29, 0.717) is 19.4 Å². The van der Waals surface area contributed by atoms with E-state index >= 15 is 0 Å².